The molecule has 0 amide bonds. The fourth-order valence-electron chi connectivity index (χ4n) is 7.18. The van der Waals surface area contributed by atoms with Crippen LogP contribution in [0.3, 0.4) is 0 Å². The molecule has 1 nitrogen and oxygen atoms in total. The van der Waals surface area contributed by atoms with E-state index in [0.29, 0.717) is 0 Å². The fraction of sp³-hybridized carbons (Fsp3) is 0.0667. The lowest BCUT2D eigenvalue weighted by Gasteiger charge is -2.54. The van der Waals surface area contributed by atoms with Gasteiger partial charge in [0.1, 0.15) is 5.60 Å². The van der Waals surface area contributed by atoms with Gasteiger partial charge in [0.05, 0.1) is 0 Å². The van der Waals surface area contributed by atoms with Gasteiger partial charge in [-0.2, -0.15) is 0 Å². The molecule has 46 heavy (non-hydrogen) atoms. The van der Waals surface area contributed by atoms with Crippen LogP contribution in [0.15, 0.2) is 146 Å². The van der Waals surface area contributed by atoms with E-state index in [4.69, 9.17) is 0 Å². The zero-order chi connectivity index (χ0) is 31.1. The van der Waals surface area contributed by atoms with E-state index in [1.54, 1.807) is 0 Å². The van der Waals surface area contributed by atoms with Gasteiger partial charge in [0.15, 0.2) is 0 Å². The zero-order valence-electron chi connectivity index (χ0n) is 25.3. The summed E-state index contributed by atoms with van der Waals surface area (Å²) in [4.78, 5) is 0. The van der Waals surface area contributed by atoms with Gasteiger partial charge in [-0.1, -0.05) is 127 Å². The van der Waals surface area contributed by atoms with Crippen LogP contribution in [0.25, 0.3) is 0 Å². The van der Waals surface area contributed by atoms with Crippen LogP contribution in [-0.2, 0) is 11.0 Å². The van der Waals surface area contributed by atoms with Gasteiger partial charge in [0, 0.05) is 55.5 Å². The van der Waals surface area contributed by atoms with Crippen molar-refractivity contribution in [2.24, 2.45) is 0 Å². The minimum absolute atomic E-state index is 0.566. The second kappa shape index (κ2) is 10.8. The molecular formula is C45H28O. The van der Waals surface area contributed by atoms with Crippen molar-refractivity contribution in [1.29, 1.82) is 0 Å². The summed E-state index contributed by atoms with van der Waals surface area (Å²) >= 11 is 0. The summed E-state index contributed by atoms with van der Waals surface area (Å²) in [5.74, 6) is 20.4. The first-order valence-corrected chi connectivity index (χ1v) is 15.4. The SMILES string of the molecule is CC12c3cccc(C#Cc4ccccc4)c3C(O)(c3c(C#Cc4ccccc4)cccc31)c1c(C#Cc3ccccc3)cccc12. The van der Waals surface area contributed by atoms with Crippen molar-refractivity contribution in [3.05, 3.63) is 212 Å². The second-order valence-electron chi connectivity index (χ2n) is 11.9. The fourth-order valence-corrected chi connectivity index (χ4v) is 7.18. The molecule has 3 aliphatic carbocycles. The molecular weight excluding hydrogens is 556 g/mol. The Bertz CT molecular complexity index is 2070. The molecule has 6 aromatic rings. The molecule has 0 saturated heterocycles. The summed E-state index contributed by atoms with van der Waals surface area (Å²) in [5.41, 5.74) is 8.62. The maximum Gasteiger partial charge on any atom is 0.145 e. The predicted molar refractivity (Wildman–Crippen MR) is 184 cm³/mol. The van der Waals surface area contributed by atoms with Crippen LogP contribution in [0.4, 0.5) is 0 Å². The Morgan fingerprint density at radius 1 is 0.370 bits per heavy atom. The van der Waals surface area contributed by atoms with Gasteiger partial charge in [0.2, 0.25) is 0 Å². The average Bonchev–Trinajstić information content (AvgIpc) is 3.11. The van der Waals surface area contributed by atoms with Crippen molar-refractivity contribution in [3.63, 3.8) is 0 Å². The highest BCUT2D eigenvalue weighted by Crippen LogP contribution is 2.62. The molecule has 214 valence electrons. The van der Waals surface area contributed by atoms with Gasteiger partial charge in [-0.3, -0.25) is 0 Å². The Morgan fingerprint density at radius 2 is 0.674 bits per heavy atom. The maximum atomic E-state index is 13.6. The standard InChI is InChI=1S/C45H28O/c1-44-38-23-11-20-35(29-26-32-14-5-2-6-15-32)41(38)45(46,42-36(21-12-24-39(42)44)30-27-33-16-7-3-8-17-33)43-37(22-13-25-40(43)44)31-28-34-18-9-4-10-19-34/h2-25,46H,1H3. The van der Waals surface area contributed by atoms with Crippen molar-refractivity contribution in [2.75, 3.05) is 0 Å². The van der Waals surface area contributed by atoms with E-state index in [1.165, 1.54) is 0 Å². The van der Waals surface area contributed by atoms with Crippen molar-refractivity contribution in [2.45, 2.75) is 17.9 Å². The molecule has 0 radical (unpaired) electrons. The van der Waals surface area contributed by atoms with Gasteiger partial charge in [0.25, 0.3) is 0 Å². The van der Waals surface area contributed by atoms with E-state index in [2.05, 4.69) is 78.8 Å². The predicted octanol–water partition coefficient (Wildman–Crippen LogP) is 8.15. The summed E-state index contributed by atoms with van der Waals surface area (Å²) in [6.07, 6.45) is 0. The molecule has 0 saturated carbocycles. The lowest BCUT2D eigenvalue weighted by Crippen LogP contribution is -2.51. The molecule has 1 N–H and O–H groups in total. The second-order valence-corrected chi connectivity index (χ2v) is 11.9. The molecule has 2 bridgehead atoms. The van der Waals surface area contributed by atoms with E-state index >= 15 is 0 Å². The van der Waals surface area contributed by atoms with Crippen molar-refractivity contribution in [1.82, 2.24) is 0 Å². The first kappa shape index (κ1) is 27.5. The molecule has 0 aromatic heterocycles. The third-order valence-corrected chi connectivity index (χ3v) is 9.24. The van der Waals surface area contributed by atoms with Crippen LogP contribution in [0.5, 0.6) is 0 Å². The Labute approximate surface area is 270 Å². The molecule has 0 fully saturated rings. The van der Waals surface area contributed by atoms with Crippen molar-refractivity contribution >= 4 is 0 Å². The molecule has 1 heteroatoms. The minimum atomic E-state index is -1.54. The van der Waals surface area contributed by atoms with Crippen LogP contribution >= 0.6 is 0 Å². The first-order valence-electron chi connectivity index (χ1n) is 15.4. The highest BCUT2D eigenvalue weighted by molar-refractivity contribution is 5.80. The molecule has 3 aliphatic rings. The van der Waals surface area contributed by atoms with E-state index in [9.17, 15) is 5.11 Å². The number of benzene rings is 6. The molecule has 0 atom stereocenters. The highest BCUT2D eigenvalue weighted by Gasteiger charge is 2.58. The van der Waals surface area contributed by atoms with Gasteiger partial charge < -0.3 is 5.11 Å². The normalized spacial score (nSPS) is 17.9. The van der Waals surface area contributed by atoms with Crippen LogP contribution in [0.1, 0.15) is 73.7 Å². The van der Waals surface area contributed by atoms with E-state index in [0.717, 1.165) is 66.8 Å². The quantitative estimate of drug-likeness (QED) is 0.179. The third kappa shape index (κ3) is 4.21. The van der Waals surface area contributed by atoms with Gasteiger partial charge >= 0.3 is 0 Å². The minimum Gasteiger partial charge on any atom is -0.376 e. The first-order chi connectivity index (χ1) is 22.6. The lowest BCUT2D eigenvalue weighted by atomic mass is 9.50. The Hall–Kier alpha value is -6.04. The van der Waals surface area contributed by atoms with Crippen LogP contribution in [-0.4, -0.2) is 5.11 Å². The molecule has 9 rings (SSSR count). The number of rotatable bonds is 0. The molecule has 6 aromatic carbocycles. The van der Waals surface area contributed by atoms with Crippen LogP contribution < -0.4 is 0 Å². The number of hydrogen-bond donors (Lipinski definition) is 1. The Balaban J connectivity index is 1.44. The Kier molecular flexibility index (Phi) is 6.48. The van der Waals surface area contributed by atoms with Gasteiger partial charge in [-0.05, 0) is 78.2 Å². The van der Waals surface area contributed by atoms with Gasteiger partial charge in [-0.15, -0.1) is 0 Å². The summed E-state index contributed by atoms with van der Waals surface area (Å²) in [6, 6.07) is 48.6. The molecule has 0 unspecified atom stereocenters. The number of aliphatic hydroxyl groups is 1. The third-order valence-electron chi connectivity index (χ3n) is 9.24. The topological polar surface area (TPSA) is 20.2 Å². The summed E-state index contributed by atoms with van der Waals surface area (Å²) in [5, 5.41) is 13.6. The summed E-state index contributed by atoms with van der Waals surface area (Å²) in [7, 11) is 0. The monoisotopic (exact) mass is 584 g/mol. The van der Waals surface area contributed by atoms with Crippen molar-refractivity contribution in [3.8, 4) is 35.5 Å². The lowest BCUT2D eigenvalue weighted by molar-refractivity contribution is 0.107. The number of hydrogen-bond acceptors (Lipinski definition) is 1. The van der Waals surface area contributed by atoms with Crippen LogP contribution in [0, 0.1) is 35.5 Å². The molecule has 0 aliphatic heterocycles. The molecule has 0 heterocycles. The van der Waals surface area contributed by atoms with E-state index in [1.807, 2.05) is 109 Å². The van der Waals surface area contributed by atoms with E-state index in [-0.39, 0.29) is 0 Å². The zero-order valence-corrected chi connectivity index (χ0v) is 25.3. The smallest absolute Gasteiger partial charge is 0.145 e. The van der Waals surface area contributed by atoms with Crippen LogP contribution in [0.2, 0.25) is 0 Å². The highest BCUT2D eigenvalue weighted by atomic mass is 16.3. The summed E-state index contributed by atoms with van der Waals surface area (Å²) in [6.45, 7) is 2.26. The summed E-state index contributed by atoms with van der Waals surface area (Å²) < 4.78 is 0. The molecule has 0 spiro atoms. The maximum absolute atomic E-state index is 13.6. The average molecular weight is 585 g/mol. The van der Waals surface area contributed by atoms with Crippen molar-refractivity contribution < 1.29 is 5.11 Å². The largest absolute Gasteiger partial charge is 0.376 e. The van der Waals surface area contributed by atoms with Gasteiger partial charge in [-0.25, -0.2) is 0 Å². The van der Waals surface area contributed by atoms with E-state index < -0.39 is 11.0 Å². The Morgan fingerprint density at radius 3 is 0.978 bits per heavy atom.